The minimum Gasteiger partial charge on any atom is -0.397 e. The van der Waals surface area contributed by atoms with Crippen LogP contribution in [0.2, 0.25) is 0 Å². The molecule has 0 fully saturated rings. The van der Waals surface area contributed by atoms with Crippen molar-refractivity contribution < 1.29 is 4.79 Å². The van der Waals surface area contributed by atoms with Crippen molar-refractivity contribution >= 4 is 17.3 Å². The topological polar surface area (TPSA) is 67.2 Å². The Morgan fingerprint density at radius 3 is 2.53 bits per heavy atom. The second-order valence-electron chi connectivity index (χ2n) is 5.89. The van der Waals surface area contributed by atoms with Gasteiger partial charge in [-0.1, -0.05) is 20.8 Å². The average Bonchev–Trinajstić information content (AvgIpc) is 2.30. The molecule has 19 heavy (non-hydrogen) atoms. The molecule has 1 aromatic carbocycles. The fourth-order valence-corrected chi connectivity index (χ4v) is 1.53. The van der Waals surface area contributed by atoms with Crippen molar-refractivity contribution in [2.24, 2.45) is 5.41 Å². The highest BCUT2D eigenvalue weighted by Gasteiger charge is 2.20. The Labute approximate surface area is 115 Å². The zero-order valence-electron chi connectivity index (χ0n) is 12.5. The van der Waals surface area contributed by atoms with Gasteiger partial charge in [-0.25, -0.2) is 0 Å². The Hall–Kier alpha value is -1.71. The van der Waals surface area contributed by atoms with Crippen molar-refractivity contribution in [1.82, 2.24) is 5.32 Å². The van der Waals surface area contributed by atoms with E-state index in [2.05, 4.69) is 38.3 Å². The summed E-state index contributed by atoms with van der Waals surface area (Å²) in [5.74, 6) is -0.0750. The Morgan fingerprint density at radius 1 is 1.37 bits per heavy atom. The van der Waals surface area contributed by atoms with Crippen molar-refractivity contribution in [3.63, 3.8) is 0 Å². The predicted molar refractivity (Wildman–Crippen MR) is 81.4 cm³/mol. The van der Waals surface area contributed by atoms with Gasteiger partial charge in [0.2, 0.25) is 0 Å². The molecule has 0 aliphatic carbocycles. The van der Waals surface area contributed by atoms with Gasteiger partial charge in [0.1, 0.15) is 0 Å². The Morgan fingerprint density at radius 2 is 2.00 bits per heavy atom. The van der Waals surface area contributed by atoms with Crippen molar-refractivity contribution in [3.8, 4) is 0 Å². The number of amides is 1. The number of nitrogen functional groups attached to an aromatic ring is 1. The minimum absolute atomic E-state index is 0.0750. The summed E-state index contributed by atoms with van der Waals surface area (Å²) in [6.45, 7) is 11.1. The molecule has 0 heterocycles. The summed E-state index contributed by atoms with van der Waals surface area (Å²) in [5, 5.41) is 6.17. The van der Waals surface area contributed by atoms with Crippen LogP contribution in [0.1, 0.15) is 45.0 Å². The van der Waals surface area contributed by atoms with E-state index >= 15 is 0 Å². The summed E-state index contributed by atoms with van der Waals surface area (Å²) in [7, 11) is 0. The SMILES string of the molecule is CCNC(=O)c1ccc(N)c(NC(C)C(C)(C)C)c1. The van der Waals surface area contributed by atoms with Crippen LogP contribution in [0, 0.1) is 5.41 Å². The molecular formula is C15H25N3O. The van der Waals surface area contributed by atoms with E-state index < -0.39 is 0 Å². The molecule has 1 rings (SSSR count). The highest BCUT2D eigenvalue weighted by atomic mass is 16.1. The van der Waals surface area contributed by atoms with Crippen molar-refractivity contribution in [3.05, 3.63) is 23.8 Å². The molecule has 0 spiro atoms. The van der Waals surface area contributed by atoms with Crippen LogP contribution in [0.5, 0.6) is 0 Å². The second kappa shape index (κ2) is 5.95. The first kappa shape index (κ1) is 15.3. The van der Waals surface area contributed by atoms with Gasteiger partial charge in [0, 0.05) is 18.2 Å². The molecule has 4 heteroatoms. The molecule has 4 N–H and O–H groups in total. The van der Waals surface area contributed by atoms with Gasteiger partial charge in [-0.15, -0.1) is 0 Å². The van der Waals surface area contributed by atoms with Gasteiger partial charge in [0.25, 0.3) is 5.91 Å². The third kappa shape index (κ3) is 4.16. The van der Waals surface area contributed by atoms with E-state index in [4.69, 9.17) is 5.73 Å². The number of nitrogens with two attached hydrogens (primary N) is 1. The lowest BCUT2D eigenvalue weighted by Gasteiger charge is -2.29. The molecule has 1 atom stereocenters. The van der Waals surface area contributed by atoms with Gasteiger partial charge >= 0.3 is 0 Å². The molecular weight excluding hydrogens is 238 g/mol. The van der Waals surface area contributed by atoms with Gasteiger partial charge in [-0.3, -0.25) is 4.79 Å². The normalized spacial score (nSPS) is 12.9. The summed E-state index contributed by atoms with van der Waals surface area (Å²) < 4.78 is 0. The molecule has 106 valence electrons. The third-order valence-electron chi connectivity index (χ3n) is 3.32. The molecule has 4 nitrogen and oxygen atoms in total. The molecule has 0 aliphatic heterocycles. The van der Waals surface area contributed by atoms with Crippen molar-refractivity contribution in [2.75, 3.05) is 17.6 Å². The lowest BCUT2D eigenvalue weighted by atomic mass is 9.88. The number of anilines is 2. The number of carbonyl (C=O) groups is 1. The molecule has 0 saturated heterocycles. The molecule has 0 bridgehead atoms. The van der Waals surface area contributed by atoms with Crippen LogP contribution in [-0.4, -0.2) is 18.5 Å². The molecule has 1 amide bonds. The summed E-state index contributed by atoms with van der Waals surface area (Å²) in [6.07, 6.45) is 0. The third-order valence-corrected chi connectivity index (χ3v) is 3.32. The van der Waals surface area contributed by atoms with Crippen molar-refractivity contribution in [1.29, 1.82) is 0 Å². The molecule has 1 unspecified atom stereocenters. The maximum absolute atomic E-state index is 11.8. The van der Waals surface area contributed by atoms with E-state index in [-0.39, 0.29) is 17.4 Å². The zero-order valence-corrected chi connectivity index (χ0v) is 12.5. The van der Waals surface area contributed by atoms with Crippen LogP contribution in [-0.2, 0) is 0 Å². The quantitative estimate of drug-likeness (QED) is 0.732. The highest BCUT2D eigenvalue weighted by molar-refractivity contribution is 5.96. The number of hydrogen-bond donors (Lipinski definition) is 3. The summed E-state index contributed by atoms with van der Waals surface area (Å²) in [4.78, 5) is 11.8. The molecule has 0 aliphatic rings. The van der Waals surface area contributed by atoms with E-state index in [0.29, 0.717) is 17.8 Å². The second-order valence-corrected chi connectivity index (χ2v) is 5.89. The van der Waals surface area contributed by atoms with Crippen LogP contribution in [0.3, 0.4) is 0 Å². The number of carbonyl (C=O) groups excluding carboxylic acids is 1. The minimum atomic E-state index is -0.0750. The summed E-state index contributed by atoms with van der Waals surface area (Å²) in [5.41, 5.74) is 8.17. The first-order chi connectivity index (χ1) is 8.75. The monoisotopic (exact) mass is 263 g/mol. The van der Waals surface area contributed by atoms with Gasteiger partial charge in [0.15, 0.2) is 0 Å². The summed E-state index contributed by atoms with van der Waals surface area (Å²) in [6, 6.07) is 5.57. The lowest BCUT2D eigenvalue weighted by molar-refractivity contribution is 0.0956. The maximum atomic E-state index is 11.8. The highest BCUT2D eigenvalue weighted by Crippen LogP contribution is 2.26. The fourth-order valence-electron chi connectivity index (χ4n) is 1.53. The Kier molecular flexibility index (Phi) is 4.81. The molecule has 1 aromatic rings. The fraction of sp³-hybridized carbons (Fsp3) is 0.533. The smallest absolute Gasteiger partial charge is 0.251 e. The molecule has 0 saturated carbocycles. The standard InChI is InChI=1S/C15H25N3O/c1-6-17-14(19)11-7-8-12(16)13(9-11)18-10(2)15(3,4)5/h7-10,18H,6,16H2,1-5H3,(H,17,19). The van der Waals surface area contributed by atoms with E-state index in [1.165, 1.54) is 0 Å². The lowest BCUT2D eigenvalue weighted by Crippen LogP contribution is -2.31. The number of hydrogen-bond acceptors (Lipinski definition) is 3. The Bertz CT molecular complexity index is 449. The van der Waals surface area contributed by atoms with E-state index in [9.17, 15) is 4.79 Å². The average molecular weight is 263 g/mol. The van der Waals surface area contributed by atoms with Crippen LogP contribution in [0.25, 0.3) is 0 Å². The first-order valence-electron chi connectivity index (χ1n) is 6.70. The van der Waals surface area contributed by atoms with Gasteiger partial charge < -0.3 is 16.4 Å². The van der Waals surface area contributed by atoms with E-state index in [1.807, 2.05) is 13.0 Å². The van der Waals surface area contributed by atoms with Crippen molar-refractivity contribution in [2.45, 2.75) is 40.7 Å². The zero-order chi connectivity index (χ0) is 14.6. The number of rotatable bonds is 4. The summed E-state index contributed by atoms with van der Waals surface area (Å²) >= 11 is 0. The van der Waals surface area contributed by atoms with Gasteiger partial charge in [-0.05, 0) is 37.5 Å². The van der Waals surface area contributed by atoms with Crippen LogP contribution in [0.15, 0.2) is 18.2 Å². The van der Waals surface area contributed by atoms with E-state index in [0.717, 1.165) is 5.69 Å². The van der Waals surface area contributed by atoms with Crippen LogP contribution < -0.4 is 16.4 Å². The largest absolute Gasteiger partial charge is 0.397 e. The van der Waals surface area contributed by atoms with Gasteiger partial charge in [0.05, 0.1) is 11.4 Å². The van der Waals surface area contributed by atoms with Crippen LogP contribution in [0.4, 0.5) is 11.4 Å². The maximum Gasteiger partial charge on any atom is 0.251 e. The van der Waals surface area contributed by atoms with Gasteiger partial charge in [-0.2, -0.15) is 0 Å². The first-order valence-corrected chi connectivity index (χ1v) is 6.70. The molecule has 0 aromatic heterocycles. The number of benzene rings is 1. The molecule has 0 radical (unpaired) electrons. The number of nitrogens with one attached hydrogen (secondary N) is 2. The van der Waals surface area contributed by atoms with Crippen LogP contribution >= 0.6 is 0 Å². The predicted octanol–water partition coefficient (Wildman–Crippen LogP) is 2.87. The Balaban J connectivity index is 2.95. The van der Waals surface area contributed by atoms with E-state index in [1.54, 1.807) is 12.1 Å².